The second-order valence-electron chi connectivity index (χ2n) is 6.64. The van der Waals surface area contributed by atoms with E-state index in [0.717, 1.165) is 64.2 Å². The maximum atomic E-state index is 12.0. The van der Waals surface area contributed by atoms with Gasteiger partial charge in [-0.15, -0.1) is 0 Å². The minimum atomic E-state index is -0.656. The second-order valence-corrected chi connectivity index (χ2v) is 6.64. The molecule has 0 saturated heterocycles. The van der Waals surface area contributed by atoms with E-state index in [1.54, 1.807) is 0 Å². The average molecular weight is 268 g/mol. The highest BCUT2D eigenvalue weighted by Crippen LogP contribution is 2.50. The fourth-order valence-electron chi connectivity index (χ4n) is 4.40. The molecule has 0 bridgehead atoms. The van der Waals surface area contributed by atoms with Crippen LogP contribution >= 0.6 is 0 Å². The van der Waals surface area contributed by atoms with Crippen molar-refractivity contribution in [2.45, 2.75) is 77.2 Å². The molecule has 2 aliphatic rings. The van der Waals surface area contributed by atoms with Gasteiger partial charge in [0.15, 0.2) is 0 Å². The average Bonchev–Trinajstić information content (AvgIpc) is 2.63. The molecule has 110 valence electrons. The van der Waals surface area contributed by atoms with Crippen LogP contribution in [-0.2, 0) is 4.79 Å². The van der Waals surface area contributed by atoms with E-state index in [2.05, 4.69) is 6.92 Å². The van der Waals surface area contributed by atoms with Gasteiger partial charge in [-0.05, 0) is 31.6 Å². The molecule has 0 aromatic carbocycles. The summed E-state index contributed by atoms with van der Waals surface area (Å²) in [7, 11) is 0. The molecule has 0 aromatic heterocycles. The summed E-state index contributed by atoms with van der Waals surface area (Å²) in [6.45, 7) is 2.16. The molecule has 0 amide bonds. The highest BCUT2D eigenvalue weighted by atomic mass is 16.4. The number of carboxylic acids is 1. The van der Waals surface area contributed by atoms with E-state index in [-0.39, 0.29) is 5.92 Å². The standard InChI is InChI=1S/C16H28O3/c1-2-12-7-6-10-16(11-12,15(18)19)13-8-4-3-5-9-14(13)17/h12-14,17H,2-11H2,1H3,(H,18,19). The molecule has 0 aliphatic heterocycles. The van der Waals surface area contributed by atoms with E-state index in [1.165, 1.54) is 0 Å². The first-order valence-corrected chi connectivity index (χ1v) is 8.01. The third kappa shape index (κ3) is 2.96. The third-order valence-corrected chi connectivity index (χ3v) is 5.58. The molecule has 0 radical (unpaired) electrons. The minimum Gasteiger partial charge on any atom is -0.481 e. The molecule has 19 heavy (non-hydrogen) atoms. The number of hydrogen-bond acceptors (Lipinski definition) is 2. The number of hydrogen-bond donors (Lipinski definition) is 2. The van der Waals surface area contributed by atoms with Crippen molar-refractivity contribution < 1.29 is 15.0 Å². The van der Waals surface area contributed by atoms with Crippen LogP contribution in [0.25, 0.3) is 0 Å². The number of carboxylic acid groups (broad SMARTS) is 1. The van der Waals surface area contributed by atoms with Crippen LogP contribution in [0.5, 0.6) is 0 Å². The Kier molecular flexibility index (Phi) is 4.88. The number of aliphatic hydroxyl groups excluding tert-OH is 1. The van der Waals surface area contributed by atoms with Gasteiger partial charge < -0.3 is 10.2 Å². The van der Waals surface area contributed by atoms with Crippen LogP contribution in [0, 0.1) is 17.3 Å². The van der Waals surface area contributed by atoms with Crippen molar-refractivity contribution in [3.05, 3.63) is 0 Å². The van der Waals surface area contributed by atoms with Crippen LogP contribution in [-0.4, -0.2) is 22.3 Å². The smallest absolute Gasteiger partial charge is 0.310 e. The normalized spacial score (nSPS) is 40.6. The van der Waals surface area contributed by atoms with Gasteiger partial charge in [0, 0.05) is 5.92 Å². The predicted molar refractivity (Wildman–Crippen MR) is 74.9 cm³/mol. The maximum Gasteiger partial charge on any atom is 0.310 e. The summed E-state index contributed by atoms with van der Waals surface area (Å²) < 4.78 is 0. The first kappa shape index (κ1) is 14.8. The molecule has 0 spiro atoms. The van der Waals surface area contributed by atoms with Crippen molar-refractivity contribution in [1.82, 2.24) is 0 Å². The maximum absolute atomic E-state index is 12.0. The number of aliphatic carboxylic acids is 1. The zero-order chi connectivity index (χ0) is 13.9. The van der Waals surface area contributed by atoms with Gasteiger partial charge in [-0.25, -0.2) is 0 Å². The lowest BCUT2D eigenvalue weighted by Gasteiger charge is -2.44. The van der Waals surface area contributed by atoms with Crippen molar-refractivity contribution in [2.24, 2.45) is 17.3 Å². The molecule has 2 N–H and O–H groups in total. The Hall–Kier alpha value is -0.570. The van der Waals surface area contributed by atoms with Crippen LogP contribution < -0.4 is 0 Å². The largest absolute Gasteiger partial charge is 0.481 e. The van der Waals surface area contributed by atoms with Gasteiger partial charge in [-0.2, -0.15) is 0 Å². The first-order valence-electron chi connectivity index (χ1n) is 8.01. The minimum absolute atomic E-state index is 0.0261. The lowest BCUT2D eigenvalue weighted by Crippen LogP contribution is -2.47. The summed E-state index contributed by atoms with van der Waals surface area (Å²) >= 11 is 0. The van der Waals surface area contributed by atoms with Gasteiger partial charge >= 0.3 is 5.97 Å². The zero-order valence-electron chi connectivity index (χ0n) is 12.1. The van der Waals surface area contributed by atoms with Crippen LogP contribution in [0.15, 0.2) is 0 Å². The van der Waals surface area contributed by atoms with Gasteiger partial charge in [-0.1, -0.05) is 45.4 Å². The SMILES string of the molecule is CCC1CCCC(C(=O)O)(C2CCCCCC2O)C1. The topological polar surface area (TPSA) is 57.5 Å². The number of carbonyl (C=O) groups is 1. The van der Waals surface area contributed by atoms with Crippen molar-refractivity contribution in [3.8, 4) is 0 Å². The van der Waals surface area contributed by atoms with E-state index in [1.807, 2.05) is 0 Å². The fraction of sp³-hybridized carbons (Fsp3) is 0.938. The van der Waals surface area contributed by atoms with Gasteiger partial charge in [0.1, 0.15) is 0 Å². The van der Waals surface area contributed by atoms with Crippen LogP contribution in [0.3, 0.4) is 0 Å². The summed E-state index contributed by atoms with van der Waals surface area (Å²) in [6, 6.07) is 0. The summed E-state index contributed by atoms with van der Waals surface area (Å²) in [5.41, 5.74) is -0.650. The molecule has 2 fully saturated rings. The molecule has 0 heterocycles. The van der Waals surface area contributed by atoms with Crippen molar-refractivity contribution in [2.75, 3.05) is 0 Å². The molecule has 2 saturated carbocycles. The number of rotatable bonds is 3. The van der Waals surface area contributed by atoms with E-state index >= 15 is 0 Å². The summed E-state index contributed by atoms with van der Waals surface area (Å²) in [6.07, 6.45) is 9.31. The Morgan fingerprint density at radius 2 is 1.89 bits per heavy atom. The molecule has 2 aliphatic carbocycles. The van der Waals surface area contributed by atoms with E-state index in [9.17, 15) is 15.0 Å². The molecule has 0 aromatic rings. The molecular weight excluding hydrogens is 240 g/mol. The van der Waals surface area contributed by atoms with Gasteiger partial charge in [0.05, 0.1) is 11.5 Å². The van der Waals surface area contributed by atoms with Crippen LogP contribution in [0.2, 0.25) is 0 Å². The van der Waals surface area contributed by atoms with Gasteiger partial charge in [-0.3, -0.25) is 4.79 Å². The van der Waals surface area contributed by atoms with E-state index in [4.69, 9.17) is 0 Å². The molecule has 4 unspecified atom stereocenters. The lowest BCUT2D eigenvalue weighted by atomic mass is 9.60. The van der Waals surface area contributed by atoms with Crippen molar-refractivity contribution in [1.29, 1.82) is 0 Å². The molecule has 3 nitrogen and oxygen atoms in total. The van der Waals surface area contributed by atoms with E-state index in [0.29, 0.717) is 5.92 Å². The van der Waals surface area contributed by atoms with Gasteiger partial charge in [0.2, 0.25) is 0 Å². The quantitative estimate of drug-likeness (QED) is 0.769. The highest BCUT2D eigenvalue weighted by molar-refractivity contribution is 5.75. The first-order chi connectivity index (χ1) is 9.10. The highest BCUT2D eigenvalue weighted by Gasteiger charge is 2.50. The van der Waals surface area contributed by atoms with Crippen molar-refractivity contribution >= 4 is 5.97 Å². The Labute approximate surface area is 116 Å². The van der Waals surface area contributed by atoms with Crippen LogP contribution in [0.1, 0.15) is 71.1 Å². The molecule has 2 rings (SSSR count). The van der Waals surface area contributed by atoms with Crippen molar-refractivity contribution in [3.63, 3.8) is 0 Å². The third-order valence-electron chi connectivity index (χ3n) is 5.58. The van der Waals surface area contributed by atoms with Gasteiger partial charge in [0.25, 0.3) is 0 Å². The molecule has 3 heteroatoms. The van der Waals surface area contributed by atoms with E-state index < -0.39 is 17.5 Å². The summed E-state index contributed by atoms with van der Waals surface area (Å²) in [5.74, 6) is -0.154. The number of aliphatic hydroxyl groups is 1. The Morgan fingerprint density at radius 3 is 2.58 bits per heavy atom. The molecule has 4 atom stereocenters. The van der Waals surface area contributed by atoms with Crippen LogP contribution in [0.4, 0.5) is 0 Å². The summed E-state index contributed by atoms with van der Waals surface area (Å²) in [5, 5.41) is 20.3. The Balaban J connectivity index is 2.24. The summed E-state index contributed by atoms with van der Waals surface area (Å²) in [4.78, 5) is 12.0. The fourth-order valence-corrected chi connectivity index (χ4v) is 4.40. The predicted octanol–water partition coefficient (Wildman–Crippen LogP) is 3.60. The second kappa shape index (κ2) is 6.25. The zero-order valence-corrected chi connectivity index (χ0v) is 12.1. The Bertz CT molecular complexity index is 315. The monoisotopic (exact) mass is 268 g/mol. The molecular formula is C16H28O3. The Morgan fingerprint density at radius 1 is 1.16 bits per heavy atom. The lowest BCUT2D eigenvalue weighted by molar-refractivity contribution is -0.161.